The highest BCUT2D eigenvalue weighted by Gasteiger charge is 2.42. The van der Waals surface area contributed by atoms with E-state index in [0.29, 0.717) is 5.92 Å². The maximum atomic E-state index is 12.4. The van der Waals surface area contributed by atoms with Crippen LogP contribution in [0.2, 0.25) is 0 Å². The van der Waals surface area contributed by atoms with Gasteiger partial charge in [0.2, 0.25) is 0 Å². The van der Waals surface area contributed by atoms with E-state index < -0.39 is 36.4 Å². The zero-order valence-corrected chi connectivity index (χ0v) is 22.9. The average molecular weight is 660 g/mol. The Morgan fingerprint density at radius 1 is 0.955 bits per heavy atom. The van der Waals surface area contributed by atoms with E-state index in [1.807, 2.05) is 12.1 Å². The number of nitrogens with one attached hydrogen (secondary N) is 1. The van der Waals surface area contributed by atoms with E-state index in [9.17, 15) is 44.3 Å². The van der Waals surface area contributed by atoms with Crippen LogP contribution in [-0.2, 0) is 23.9 Å². The number of nitrogens with zero attached hydrogens (tertiary/aromatic N) is 3. The molecular weight excluding hydrogens is 631 g/mol. The number of likely N-dealkylation sites (N-methyl/N-ethyl adjacent to an activating group) is 1. The number of carbonyl (C=O) groups is 4. The molecule has 12 nitrogen and oxygen atoms in total. The number of halogens is 9. The van der Waals surface area contributed by atoms with E-state index in [4.69, 9.17) is 34.4 Å². The van der Waals surface area contributed by atoms with Gasteiger partial charge in [0.05, 0.1) is 18.0 Å². The van der Waals surface area contributed by atoms with Gasteiger partial charge in [0.25, 0.3) is 5.91 Å². The first-order valence-corrected chi connectivity index (χ1v) is 12.1. The van der Waals surface area contributed by atoms with Crippen LogP contribution in [0.25, 0.3) is 0 Å². The Balaban J connectivity index is 0.000000721. The minimum Gasteiger partial charge on any atom is -0.475 e. The van der Waals surface area contributed by atoms with Crippen LogP contribution in [0.15, 0.2) is 24.5 Å². The second kappa shape index (κ2) is 17.5. The molecule has 3 rings (SSSR count). The smallest absolute Gasteiger partial charge is 0.475 e. The van der Waals surface area contributed by atoms with Crippen molar-refractivity contribution in [3.8, 4) is 0 Å². The number of carbonyl (C=O) groups excluding carboxylic acids is 1. The number of alkyl halides is 9. The number of ether oxygens (including phenoxy) is 1. The Bertz CT molecular complexity index is 1010. The lowest BCUT2D eigenvalue weighted by molar-refractivity contribution is -0.193. The number of amides is 1. The van der Waals surface area contributed by atoms with E-state index in [1.54, 1.807) is 12.4 Å². The summed E-state index contributed by atoms with van der Waals surface area (Å²) >= 11 is 0. The van der Waals surface area contributed by atoms with Gasteiger partial charge >= 0.3 is 36.4 Å². The van der Waals surface area contributed by atoms with E-state index in [2.05, 4.69) is 34.2 Å². The number of aromatic nitrogens is 1. The summed E-state index contributed by atoms with van der Waals surface area (Å²) in [5.74, 6) is -7.81. The fraction of sp³-hybridized carbons (Fsp3) is 0.609. The van der Waals surface area contributed by atoms with E-state index in [1.165, 1.54) is 0 Å². The molecule has 3 heterocycles. The Morgan fingerprint density at radius 2 is 1.43 bits per heavy atom. The number of likely N-dealkylation sites (tertiary alicyclic amines) is 1. The van der Waals surface area contributed by atoms with Crippen molar-refractivity contribution in [3.05, 3.63) is 24.5 Å². The molecule has 44 heavy (non-hydrogen) atoms. The largest absolute Gasteiger partial charge is 0.490 e. The number of hydrogen-bond acceptors (Lipinski definition) is 8. The maximum absolute atomic E-state index is 12.4. The first kappa shape index (κ1) is 40.3. The van der Waals surface area contributed by atoms with Crippen LogP contribution in [0.4, 0.5) is 45.2 Å². The lowest BCUT2D eigenvalue weighted by Gasteiger charge is -2.34. The zero-order chi connectivity index (χ0) is 34.5. The van der Waals surface area contributed by atoms with Crippen molar-refractivity contribution in [2.24, 2.45) is 5.92 Å². The van der Waals surface area contributed by atoms with Gasteiger partial charge < -0.3 is 30.3 Å². The monoisotopic (exact) mass is 660 g/mol. The second-order valence-electron chi connectivity index (χ2n) is 9.19. The van der Waals surface area contributed by atoms with Crippen molar-refractivity contribution >= 4 is 29.5 Å². The van der Waals surface area contributed by atoms with Crippen molar-refractivity contribution in [2.45, 2.75) is 43.6 Å². The second-order valence-corrected chi connectivity index (χ2v) is 9.19. The fourth-order valence-electron chi connectivity index (χ4n) is 3.37. The predicted molar refractivity (Wildman–Crippen MR) is 130 cm³/mol. The lowest BCUT2D eigenvalue weighted by atomic mass is 9.91. The van der Waals surface area contributed by atoms with Gasteiger partial charge in [-0.2, -0.15) is 39.5 Å². The zero-order valence-electron chi connectivity index (χ0n) is 22.9. The molecule has 1 aromatic rings. The van der Waals surface area contributed by atoms with Gasteiger partial charge in [0.15, 0.2) is 0 Å². The molecule has 4 N–H and O–H groups in total. The highest BCUT2D eigenvalue weighted by molar-refractivity contribution is 5.94. The van der Waals surface area contributed by atoms with Crippen LogP contribution in [0.3, 0.4) is 0 Å². The van der Waals surface area contributed by atoms with Crippen molar-refractivity contribution in [1.82, 2.24) is 14.8 Å². The highest BCUT2D eigenvalue weighted by atomic mass is 19.4. The third-order valence-corrected chi connectivity index (χ3v) is 5.45. The molecule has 0 saturated carbocycles. The quantitative estimate of drug-likeness (QED) is 0.343. The summed E-state index contributed by atoms with van der Waals surface area (Å²) in [7, 11) is 4.19. The van der Waals surface area contributed by atoms with Crippen molar-refractivity contribution < 1.29 is 78.7 Å². The standard InChI is InChI=1S/C17H26N4O2.3C2HF3O2/c1-20(2)8-9-21-7-5-13-10-15(23-16(13)12-21)17(22)19-14-4-3-6-18-11-14;3*3-2(4,5)1(6)7/h3-4,6,11,13,15-16H,5,7-10,12H2,1-2H3,(H,19,22);3*(H,6,7)/t13-,15-,16-;;;/m0.../s1. The molecule has 3 atom stereocenters. The number of aliphatic carboxylic acids is 3. The molecule has 0 aromatic carbocycles. The number of carboxylic acids is 3. The van der Waals surface area contributed by atoms with Crippen LogP contribution in [0.1, 0.15) is 12.8 Å². The summed E-state index contributed by atoms with van der Waals surface area (Å²) in [6.45, 7) is 4.17. The van der Waals surface area contributed by atoms with Gasteiger partial charge in [0, 0.05) is 25.8 Å². The first-order valence-electron chi connectivity index (χ1n) is 12.1. The summed E-state index contributed by atoms with van der Waals surface area (Å²) in [6, 6.07) is 3.66. The third kappa shape index (κ3) is 16.8. The molecule has 2 saturated heterocycles. The Kier molecular flexibility index (Phi) is 16.1. The van der Waals surface area contributed by atoms with E-state index in [-0.39, 0.29) is 18.1 Å². The molecule has 0 radical (unpaired) electrons. The molecule has 2 aliphatic rings. The van der Waals surface area contributed by atoms with Crippen molar-refractivity contribution in [2.75, 3.05) is 45.6 Å². The number of hydrogen-bond donors (Lipinski definition) is 4. The first-order chi connectivity index (χ1) is 19.9. The minimum atomic E-state index is -5.08. The van der Waals surface area contributed by atoms with Crippen LogP contribution >= 0.6 is 0 Å². The minimum absolute atomic E-state index is 0.0489. The predicted octanol–water partition coefficient (Wildman–Crippen LogP) is 2.96. The number of pyridine rings is 1. The average Bonchev–Trinajstić information content (AvgIpc) is 3.31. The summed E-state index contributed by atoms with van der Waals surface area (Å²) in [6.07, 6.45) is -10.1. The molecular formula is C23H29F9N4O8. The molecule has 2 fully saturated rings. The molecule has 2 aliphatic heterocycles. The number of piperidine rings is 1. The van der Waals surface area contributed by atoms with Gasteiger partial charge in [-0.25, -0.2) is 14.4 Å². The molecule has 1 aromatic heterocycles. The van der Waals surface area contributed by atoms with E-state index in [0.717, 1.165) is 44.7 Å². The van der Waals surface area contributed by atoms with Gasteiger partial charge in [-0.05, 0) is 51.5 Å². The SMILES string of the molecule is CN(C)CCN1CC[C@H]2C[C@@H](C(=O)Nc3cccnc3)O[C@H]2C1.O=C(O)C(F)(F)F.O=C(O)C(F)(F)F.O=C(O)C(F)(F)F. The molecule has 0 bridgehead atoms. The van der Waals surface area contributed by atoms with Crippen LogP contribution in [-0.4, -0.2) is 125 Å². The lowest BCUT2D eigenvalue weighted by Crippen LogP contribution is -2.44. The maximum Gasteiger partial charge on any atom is 0.490 e. The molecule has 1 amide bonds. The van der Waals surface area contributed by atoms with Gasteiger partial charge in [-0.3, -0.25) is 14.7 Å². The normalized spacial score (nSPS) is 20.0. The summed E-state index contributed by atoms with van der Waals surface area (Å²) in [5.41, 5.74) is 0.726. The summed E-state index contributed by atoms with van der Waals surface area (Å²) in [5, 5.41) is 24.3. The number of fused-ring (bicyclic) bond motifs is 1. The molecule has 0 aliphatic carbocycles. The Labute approximate surface area is 243 Å². The van der Waals surface area contributed by atoms with Crippen LogP contribution < -0.4 is 5.32 Å². The Morgan fingerprint density at radius 3 is 1.82 bits per heavy atom. The van der Waals surface area contributed by atoms with Crippen LogP contribution in [0, 0.1) is 5.92 Å². The third-order valence-electron chi connectivity index (χ3n) is 5.45. The molecule has 0 unspecified atom stereocenters. The van der Waals surface area contributed by atoms with Gasteiger partial charge in [0.1, 0.15) is 6.10 Å². The molecule has 21 heteroatoms. The number of rotatable bonds is 5. The summed E-state index contributed by atoms with van der Waals surface area (Å²) in [4.78, 5) is 47.7. The molecule has 0 spiro atoms. The number of anilines is 1. The topological polar surface area (TPSA) is 170 Å². The van der Waals surface area contributed by atoms with Crippen molar-refractivity contribution in [3.63, 3.8) is 0 Å². The highest BCUT2D eigenvalue weighted by Crippen LogP contribution is 2.33. The van der Waals surface area contributed by atoms with Gasteiger partial charge in [-0.15, -0.1) is 0 Å². The fourth-order valence-corrected chi connectivity index (χ4v) is 3.37. The van der Waals surface area contributed by atoms with Gasteiger partial charge in [-0.1, -0.05) is 0 Å². The van der Waals surface area contributed by atoms with Crippen molar-refractivity contribution in [1.29, 1.82) is 0 Å². The molecule has 252 valence electrons. The van der Waals surface area contributed by atoms with E-state index >= 15 is 0 Å². The number of carboxylic acid groups (broad SMARTS) is 3. The summed E-state index contributed by atoms with van der Waals surface area (Å²) < 4.78 is 101. The Hall–Kier alpha value is -3.72. The van der Waals surface area contributed by atoms with Crippen LogP contribution in [0.5, 0.6) is 0 Å².